The fraction of sp³-hybridized carbons (Fsp3) is 0.406. The third-order valence-electron chi connectivity index (χ3n) is 7.16. The van der Waals surface area contributed by atoms with Gasteiger partial charge < -0.3 is 24.8 Å². The molecule has 3 amide bonds. The van der Waals surface area contributed by atoms with Gasteiger partial charge in [-0.25, -0.2) is 9.78 Å². The maximum atomic E-state index is 14.2. The Bertz CT molecular complexity index is 1320. The Labute approximate surface area is 247 Å². The summed E-state index contributed by atoms with van der Waals surface area (Å²) in [5.41, 5.74) is 1.63. The molecule has 3 aromatic rings. The van der Waals surface area contributed by atoms with Crippen LogP contribution in [0.15, 0.2) is 73.2 Å². The van der Waals surface area contributed by atoms with Gasteiger partial charge in [0.15, 0.2) is 0 Å². The minimum absolute atomic E-state index is 0.133. The van der Waals surface area contributed by atoms with Crippen LogP contribution < -0.4 is 5.32 Å². The van der Waals surface area contributed by atoms with E-state index in [2.05, 4.69) is 15.3 Å². The quantitative estimate of drug-likeness (QED) is 0.320. The molecule has 0 unspecified atom stereocenters. The second-order valence-electron chi connectivity index (χ2n) is 11.4. The number of methoxy groups -OCH3 is 1. The van der Waals surface area contributed by atoms with Crippen molar-refractivity contribution in [3.8, 4) is 0 Å². The van der Waals surface area contributed by atoms with E-state index in [0.717, 1.165) is 11.1 Å². The van der Waals surface area contributed by atoms with Crippen LogP contribution in [-0.4, -0.2) is 82.8 Å². The molecule has 3 rings (SSSR count). The van der Waals surface area contributed by atoms with Gasteiger partial charge in [0.2, 0.25) is 17.7 Å². The second kappa shape index (κ2) is 14.4. The molecule has 1 heterocycles. The van der Waals surface area contributed by atoms with Gasteiger partial charge in [-0.15, -0.1) is 0 Å². The molecule has 0 bridgehead atoms. The highest BCUT2D eigenvalue weighted by Crippen LogP contribution is 2.22. The van der Waals surface area contributed by atoms with Crippen molar-refractivity contribution in [1.82, 2.24) is 25.1 Å². The van der Waals surface area contributed by atoms with Gasteiger partial charge in [-0.1, -0.05) is 81.4 Å². The van der Waals surface area contributed by atoms with E-state index in [4.69, 9.17) is 4.74 Å². The van der Waals surface area contributed by atoms with Gasteiger partial charge in [0.25, 0.3) is 0 Å². The van der Waals surface area contributed by atoms with Gasteiger partial charge in [0, 0.05) is 50.7 Å². The van der Waals surface area contributed by atoms with Crippen LogP contribution in [0.1, 0.15) is 37.6 Å². The molecule has 42 heavy (non-hydrogen) atoms. The molecule has 2 N–H and O–H groups in total. The molecule has 0 aliphatic carbocycles. The van der Waals surface area contributed by atoms with E-state index < -0.39 is 41.3 Å². The SMILES string of the molecule is COC(=O)[C@H](Cc1cnc[nH]1)NC(=O)[C@H](Cc1ccccc1)N(C)C(=O)[C@H](Cc1ccccc1)N(C)C(=O)C(C)(C)C. The molecule has 2 aromatic carbocycles. The smallest absolute Gasteiger partial charge is 0.328 e. The first kappa shape index (κ1) is 32.0. The average Bonchev–Trinajstić information content (AvgIpc) is 3.50. The number of carbonyl (C=O) groups excluding carboxylic acids is 4. The summed E-state index contributed by atoms with van der Waals surface area (Å²) in [6.45, 7) is 5.41. The van der Waals surface area contributed by atoms with E-state index in [1.807, 2.05) is 60.7 Å². The standard InChI is InChI=1S/C32H41N5O5/c1-32(2,3)31(41)37(5)27(18-23-15-11-8-12-16-23)29(39)36(4)26(17-22-13-9-7-10-14-22)28(38)35-25(30(40)42-6)19-24-20-33-21-34-24/h7-16,20-21,25-27H,17-19H2,1-6H3,(H,33,34)(H,35,38)/t25-,26-,27-/m0/s1. The number of aromatic nitrogens is 2. The molecule has 3 atom stereocenters. The Hall–Kier alpha value is -4.47. The molecule has 0 aliphatic heterocycles. The largest absolute Gasteiger partial charge is 0.467 e. The molecule has 10 nitrogen and oxygen atoms in total. The van der Waals surface area contributed by atoms with Gasteiger partial charge >= 0.3 is 5.97 Å². The lowest BCUT2D eigenvalue weighted by molar-refractivity contribution is -0.151. The van der Waals surface area contributed by atoms with Crippen molar-refractivity contribution in [2.45, 2.75) is 58.2 Å². The van der Waals surface area contributed by atoms with Crippen LogP contribution in [0.3, 0.4) is 0 Å². The van der Waals surface area contributed by atoms with Gasteiger partial charge in [-0.2, -0.15) is 0 Å². The average molecular weight is 576 g/mol. The number of ether oxygens (including phenoxy) is 1. The second-order valence-corrected chi connectivity index (χ2v) is 11.4. The molecule has 0 spiro atoms. The monoisotopic (exact) mass is 575 g/mol. The predicted molar refractivity (Wildman–Crippen MR) is 159 cm³/mol. The molecule has 0 saturated heterocycles. The third-order valence-corrected chi connectivity index (χ3v) is 7.16. The number of benzene rings is 2. The summed E-state index contributed by atoms with van der Waals surface area (Å²) in [6, 6.07) is 15.9. The Morgan fingerprint density at radius 2 is 1.40 bits per heavy atom. The molecule has 0 radical (unpaired) electrons. The summed E-state index contributed by atoms with van der Waals surface area (Å²) in [7, 11) is 4.43. The fourth-order valence-electron chi connectivity index (χ4n) is 4.75. The molecule has 1 aromatic heterocycles. The molecular formula is C32H41N5O5. The normalized spacial score (nSPS) is 13.4. The van der Waals surface area contributed by atoms with Crippen LogP contribution in [0.25, 0.3) is 0 Å². The Morgan fingerprint density at radius 1 is 0.857 bits per heavy atom. The zero-order chi connectivity index (χ0) is 30.9. The number of hydrogen-bond donors (Lipinski definition) is 2. The first-order valence-corrected chi connectivity index (χ1v) is 13.9. The van der Waals surface area contributed by atoms with Crippen molar-refractivity contribution in [1.29, 1.82) is 0 Å². The molecule has 10 heteroatoms. The highest BCUT2D eigenvalue weighted by atomic mass is 16.5. The van der Waals surface area contributed by atoms with Crippen molar-refractivity contribution in [3.05, 3.63) is 90.0 Å². The lowest BCUT2D eigenvalue weighted by Crippen LogP contribution is -2.58. The summed E-state index contributed by atoms with van der Waals surface area (Å²) >= 11 is 0. The summed E-state index contributed by atoms with van der Waals surface area (Å²) in [4.78, 5) is 63.8. The fourth-order valence-corrected chi connectivity index (χ4v) is 4.75. The van der Waals surface area contributed by atoms with Gasteiger partial charge in [0.05, 0.1) is 13.4 Å². The minimum Gasteiger partial charge on any atom is -0.467 e. The molecule has 0 fully saturated rings. The summed E-state index contributed by atoms with van der Waals surface area (Å²) < 4.78 is 4.95. The Kier molecular flexibility index (Phi) is 11.0. The van der Waals surface area contributed by atoms with Crippen molar-refractivity contribution < 1.29 is 23.9 Å². The Balaban J connectivity index is 1.96. The van der Waals surface area contributed by atoms with Crippen molar-refractivity contribution in [2.24, 2.45) is 5.41 Å². The molecular weight excluding hydrogens is 534 g/mol. The van der Waals surface area contributed by atoms with Gasteiger partial charge in [-0.05, 0) is 11.1 Å². The maximum absolute atomic E-state index is 14.2. The van der Waals surface area contributed by atoms with Crippen LogP contribution in [-0.2, 0) is 43.2 Å². The van der Waals surface area contributed by atoms with E-state index in [-0.39, 0.29) is 25.2 Å². The van der Waals surface area contributed by atoms with Crippen LogP contribution in [0.2, 0.25) is 0 Å². The van der Waals surface area contributed by atoms with Crippen molar-refractivity contribution in [2.75, 3.05) is 21.2 Å². The van der Waals surface area contributed by atoms with Crippen molar-refractivity contribution in [3.63, 3.8) is 0 Å². The minimum atomic E-state index is -1.00. The number of nitrogens with zero attached hydrogens (tertiary/aromatic N) is 3. The van der Waals surface area contributed by atoms with Crippen LogP contribution >= 0.6 is 0 Å². The first-order valence-electron chi connectivity index (χ1n) is 13.9. The van der Waals surface area contributed by atoms with Crippen molar-refractivity contribution >= 4 is 23.7 Å². The number of aromatic amines is 1. The summed E-state index contributed by atoms with van der Waals surface area (Å²) in [5.74, 6) is -1.73. The highest BCUT2D eigenvalue weighted by molar-refractivity contribution is 5.94. The number of esters is 1. The first-order chi connectivity index (χ1) is 19.9. The molecule has 0 aliphatic rings. The third kappa shape index (κ3) is 8.52. The zero-order valence-electron chi connectivity index (χ0n) is 25.2. The predicted octanol–water partition coefficient (Wildman–Crippen LogP) is 2.80. The molecule has 224 valence electrons. The van der Waals surface area contributed by atoms with E-state index in [1.165, 1.54) is 23.2 Å². The topological polar surface area (TPSA) is 125 Å². The van der Waals surface area contributed by atoms with Gasteiger partial charge in [0.1, 0.15) is 18.1 Å². The van der Waals surface area contributed by atoms with E-state index in [1.54, 1.807) is 41.1 Å². The lowest BCUT2D eigenvalue weighted by Gasteiger charge is -2.37. The summed E-state index contributed by atoms with van der Waals surface area (Å²) in [5, 5.41) is 2.79. The molecule has 0 saturated carbocycles. The van der Waals surface area contributed by atoms with Crippen LogP contribution in [0, 0.1) is 5.41 Å². The number of imidazole rings is 1. The Morgan fingerprint density at radius 3 is 1.88 bits per heavy atom. The number of hydrogen-bond acceptors (Lipinski definition) is 6. The number of rotatable bonds is 12. The maximum Gasteiger partial charge on any atom is 0.328 e. The summed E-state index contributed by atoms with van der Waals surface area (Å²) in [6.07, 6.45) is 3.65. The number of amides is 3. The highest BCUT2D eigenvalue weighted by Gasteiger charge is 2.38. The lowest BCUT2D eigenvalue weighted by atomic mass is 9.92. The van der Waals surface area contributed by atoms with E-state index in [0.29, 0.717) is 5.69 Å². The zero-order valence-corrected chi connectivity index (χ0v) is 25.2. The number of carbonyl (C=O) groups is 4. The number of nitrogens with one attached hydrogen (secondary N) is 2. The van der Waals surface area contributed by atoms with E-state index >= 15 is 0 Å². The number of H-pyrrole nitrogens is 1. The van der Waals surface area contributed by atoms with E-state index in [9.17, 15) is 19.2 Å². The van der Waals surface area contributed by atoms with Crippen LogP contribution in [0.5, 0.6) is 0 Å². The van der Waals surface area contributed by atoms with Gasteiger partial charge in [-0.3, -0.25) is 14.4 Å². The van der Waals surface area contributed by atoms with Crippen LogP contribution in [0.4, 0.5) is 0 Å². The number of likely N-dealkylation sites (N-methyl/N-ethyl adjacent to an activating group) is 2.